The predicted molar refractivity (Wildman–Crippen MR) is 106 cm³/mol. The monoisotopic (exact) mass is 351 g/mol. The second kappa shape index (κ2) is 10.7. The van der Waals surface area contributed by atoms with Crippen molar-refractivity contribution in [3.63, 3.8) is 0 Å². The van der Waals surface area contributed by atoms with Crippen LogP contribution >= 0.6 is 0 Å². The zero-order valence-corrected chi connectivity index (χ0v) is 15.3. The van der Waals surface area contributed by atoms with Crippen LogP contribution in [-0.4, -0.2) is 33.3 Å². The molecule has 26 heavy (non-hydrogen) atoms. The van der Waals surface area contributed by atoms with E-state index in [4.69, 9.17) is 15.9 Å². The molecule has 0 spiro atoms. The van der Waals surface area contributed by atoms with Crippen LogP contribution in [0.15, 0.2) is 53.5 Å². The molecule has 0 bridgehead atoms. The Labute approximate surface area is 155 Å². The van der Waals surface area contributed by atoms with Crippen molar-refractivity contribution in [2.45, 2.75) is 13.0 Å². The van der Waals surface area contributed by atoms with Gasteiger partial charge in [-0.25, -0.2) is 0 Å². The first-order chi connectivity index (χ1) is 12.7. The summed E-state index contributed by atoms with van der Waals surface area (Å²) in [5.74, 6) is 4.86. The number of guanidine groups is 1. The van der Waals surface area contributed by atoms with Crippen LogP contribution < -0.4 is 20.1 Å². The number of nitrogens with zero attached hydrogens (tertiary/aromatic N) is 1. The highest BCUT2D eigenvalue weighted by Gasteiger charge is 2.01. The number of ether oxygens (including phenoxy) is 2. The third kappa shape index (κ3) is 6.40. The molecule has 0 aliphatic rings. The molecule has 0 saturated carbocycles. The molecule has 2 rings (SSSR count). The highest BCUT2D eigenvalue weighted by molar-refractivity contribution is 5.79. The second-order valence-electron chi connectivity index (χ2n) is 5.59. The molecule has 2 N–H and O–H groups in total. The molecular formula is C21H25N3O2. The van der Waals surface area contributed by atoms with E-state index in [1.54, 1.807) is 14.2 Å². The SMILES string of the molecule is C#CCOc1ccc(CCNC(=NC)NCc2cccc(OC)c2)cc1. The van der Waals surface area contributed by atoms with Gasteiger partial charge in [0.1, 0.15) is 18.1 Å². The third-order valence-electron chi connectivity index (χ3n) is 3.77. The summed E-state index contributed by atoms with van der Waals surface area (Å²) in [7, 11) is 3.43. The smallest absolute Gasteiger partial charge is 0.191 e. The van der Waals surface area contributed by atoms with Crippen molar-refractivity contribution in [3.05, 3.63) is 59.7 Å². The minimum Gasteiger partial charge on any atom is -0.497 e. The lowest BCUT2D eigenvalue weighted by molar-refractivity contribution is 0.370. The van der Waals surface area contributed by atoms with Crippen LogP contribution in [0.3, 0.4) is 0 Å². The molecule has 0 radical (unpaired) electrons. The van der Waals surface area contributed by atoms with Crippen molar-refractivity contribution >= 4 is 5.96 Å². The lowest BCUT2D eigenvalue weighted by Crippen LogP contribution is -2.37. The predicted octanol–water partition coefficient (Wildman–Crippen LogP) is 2.61. The first kappa shape index (κ1) is 19.2. The Hall–Kier alpha value is -3.13. The van der Waals surface area contributed by atoms with Gasteiger partial charge in [-0.05, 0) is 41.8 Å². The Morgan fingerprint density at radius 3 is 2.58 bits per heavy atom. The van der Waals surface area contributed by atoms with Crippen LogP contribution in [0.1, 0.15) is 11.1 Å². The van der Waals surface area contributed by atoms with Crippen molar-refractivity contribution in [1.29, 1.82) is 0 Å². The summed E-state index contributed by atoms with van der Waals surface area (Å²) in [5, 5.41) is 6.62. The van der Waals surface area contributed by atoms with Gasteiger partial charge in [0.05, 0.1) is 7.11 Å². The van der Waals surface area contributed by atoms with Crippen LogP contribution in [-0.2, 0) is 13.0 Å². The number of benzene rings is 2. The van der Waals surface area contributed by atoms with Gasteiger partial charge in [0.15, 0.2) is 5.96 Å². The van der Waals surface area contributed by atoms with Crippen molar-refractivity contribution in [1.82, 2.24) is 10.6 Å². The molecule has 2 aromatic rings. The summed E-state index contributed by atoms with van der Waals surface area (Å²) >= 11 is 0. The molecule has 0 unspecified atom stereocenters. The number of terminal acetylenes is 1. The summed E-state index contributed by atoms with van der Waals surface area (Å²) in [6.45, 7) is 1.75. The maximum absolute atomic E-state index is 5.37. The van der Waals surface area contributed by atoms with Gasteiger partial charge in [0.2, 0.25) is 0 Å². The van der Waals surface area contributed by atoms with Crippen molar-refractivity contribution < 1.29 is 9.47 Å². The molecule has 2 aromatic carbocycles. The van der Waals surface area contributed by atoms with Gasteiger partial charge >= 0.3 is 0 Å². The molecule has 136 valence electrons. The van der Waals surface area contributed by atoms with Crippen LogP contribution in [0.2, 0.25) is 0 Å². The normalized spacial score (nSPS) is 10.7. The summed E-state index contributed by atoms with van der Waals surface area (Å²) in [4.78, 5) is 4.25. The summed E-state index contributed by atoms with van der Waals surface area (Å²) in [6.07, 6.45) is 6.07. The second-order valence-corrected chi connectivity index (χ2v) is 5.59. The fourth-order valence-electron chi connectivity index (χ4n) is 2.39. The lowest BCUT2D eigenvalue weighted by Gasteiger charge is -2.12. The van der Waals surface area contributed by atoms with E-state index in [1.165, 1.54) is 5.56 Å². The summed E-state index contributed by atoms with van der Waals surface area (Å²) in [6, 6.07) is 15.9. The average Bonchev–Trinajstić information content (AvgIpc) is 2.70. The highest BCUT2D eigenvalue weighted by Crippen LogP contribution is 2.13. The topological polar surface area (TPSA) is 54.9 Å². The molecule has 0 atom stereocenters. The van der Waals surface area contributed by atoms with Crippen LogP contribution in [0.4, 0.5) is 0 Å². The van der Waals surface area contributed by atoms with Crippen molar-refractivity contribution in [2.75, 3.05) is 27.3 Å². The molecule has 0 fully saturated rings. The van der Waals surface area contributed by atoms with E-state index in [2.05, 4.69) is 21.5 Å². The van der Waals surface area contributed by atoms with Crippen LogP contribution in [0, 0.1) is 12.3 Å². The van der Waals surface area contributed by atoms with Crippen molar-refractivity contribution in [2.24, 2.45) is 4.99 Å². The minimum absolute atomic E-state index is 0.288. The zero-order chi connectivity index (χ0) is 18.6. The molecule has 0 aliphatic heterocycles. The molecule has 0 aliphatic carbocycles. The Kier molecular flexibility index (Phi) is 7.88. The molecule has 0 saturated heterocycles. The fourth-order valence-corrected chi connectivity index (χ4v) is 2.39. The number of hydrogen-bond donors (Lipinski definition) is 2. The Morgan fingerprint density at radius 2 is 1.88 bits per heavy atom. The van der Waals surface area contributed by atoms with Gasteiger partial charge in [-0.15, -0.1) is 6.42 Å². The maximum atomic E-state index is 5.37. The number of hydrogen-bond acceptors (Lipinski definition) is 3. The molecule has 0 aromatic heterocycles. The summed E-state index contributed by atoms with van der Waals surface area (Å²) < 4.78 is 10.6. The standard InChI is InChI=1S/C21H25N3O2/c1-4-14-26-19-10-8-17(9-11-19)12-13-23-21(22-2)24-16-18-6-5-7-20(15-18)25-3/h1,5-11,15H,12-14,16H2,2-3H3,(H2,22,23,24). The van der Waals surface area contributed by atoms with Crippen molar-refractivity contribution in [3.8, 4) is 23.8 Å². The average molecular weight is 351 g/mol. The van der Waals surface area contributed by atoms with Gasteiger partial charge in [0, 0.05) is 20.1 Å². The number of nitrogens with one attached hydrogen (secondary N) is 2. The van der Waals surface area contributed by atoms with Gasteiger partial charge in [0.25, 0.3) is 0 Å². The van der Waals surface area contributed by atoms with Crippen LogP contribution in [0.25, 0.3) is 0 Å². The third-order valence-corrected chi connectivity index (χ3v) is 3.77. The van der Waals surface area contributed by atoms with E-state index in [1.807, 2.05) is 48.5 Å². The first-order valence-electron chi connectivity index (χ1n) is 8.48. The van der Waals surface area contributed by atoms with Gasteiger partial charge in [-0.3, -0.25) is 4.99 Å². The highest BCUT2D eigenvalue weighted by atomic mass is 16.5. The molecule has 0 amide bonds. The Balaban J connectivity index is 1.75. The molecule has 0 heterocycles. The van der Waals surface area contributed by atoms with E-state index >= 15 is 0 Å². The van der Waals surface area contributed by atoms with E-state index in [9.17, 15) is 0 Å². The Bertz CT molecular complexity index is 749. The summed E-state index contributed by atoms with van der Waals surface area (Å²) in [5.41, 5.74) is 2.35. The molecule has 5 heteroatoms. The van der Waals surface area contributed by atoms with Gasteiger partial charge in [-0.2, -0.15) is 0 Å². The van der Waals surface area contributed by atoms with E-state index in [0.29, 0.717) is 6.54 Å². The fraction of sp³-hybridized carbons (Fsp3) is 0.286. The largest absolute Gasteiger partial charge is 0.497 e. The zero-order valence-electron chi connectivity index (χ0n) is 15.3. The number of aliphatic imine (C=N–C) groups is 1. The van der Waals surface area contributed by atoms with E-state index < -0.39 is 0 Å². The quantitative estimate of drug-likeness (QED) is 0.436. The number of rotatable bonds is 8. The van der Waals surface area contributed by atoms with E-state index in [-0.39, 0.29) is 6.61 Å². The van der Waals surface area contributed by atoms with Crippen LogP contribution in [0.5, 0.6) is 11.5 Å². The van der Waals surface area contributed by atoms with E-state index in [0.717, 1.165) is 36.0 Å². The first-order valence-corrected chi connectivity index (χ1v) is 8.48. The minimum atomic E-state index is 0.288. The lowest BCUT2D eigenvalue weighted by atomic mass is 10.1. The van der Waals surface area contributed by atoms with Gasteiger partial charge < -0.3 is 20.1 Å². The number of methoxy groups -OCH3 is 1. The van der Waals surface area contributed by atoms with Gasteiger partial charge in [-0.1, -0.05) is 30.2 Å². The molecule has 5 nitrogen and oxygen atoms in total. The maximum Gasteiger partial charge on any atom is 0.191 e. The Morgan fingerprint density at radius 1 is 1.08 bits per heavy atom. The molecular weight excluding hydrogens is 326 g/mol.